The summed E-state index contributed by atoms with van der Waals surface area (Å²) in [5.74, 6) is 8.33. The second kappa shape index (κ2) is 9.88. The van der Waals surface area contributed by atoms with Crippen LogP contribution in [0.15, 0.2) is 101 Å². The highest BCUT2D eigenvalue weighted by atomic mass is 16.5. The third-order valence-electron chi connectivity index (χ3n) is 10.1. The van der Waals surface area contributed by atoms with E-state index in [0.29, 0.717) is 5.56 Å². The predicted octanol–water partition coefficient (Wildman–Crippen LogP) is 7.17. The van der Waals surface area contributed by atoms with Crippen molar-refractivity contribution in [3.63, 3.8) is 0 Å². The number of nitrogens with two attached hydrogens (primary N) is 1. The van der Waals surface area contributed by atoms with Crippen molar-refractivity contribution in [1.29, 1.82) is 0 Å². The van der Waals surface area contributed by atoms with Crippen molar-refractivity contribution in [1.82, 2.24) is 5.01 Å². The van der Waals surface area contributed by atoms with E-state index in [2.05, 4.69) is 105 Å². The summed E-state index contributed by atoms with van der Waals surface area (Å²) in [4.78, 5) is 18.3. The zero-order valence-corrected chi connectivity index (χ0v) is 25.8. The lowest BCUT2D eigenvalue weighted by atomic mass is 9.70. The molecule has 3 aromatic carbocycles. The molecule has 0 aromatic heterocycles. The van der Waals surface area contributed by atoms with Gasteiger partial charge in [-0.3, -0.25) is 9.80 Å². The third kappa shape index (κ3) is 3.72. The maximum atomic E-state index is 13.7. The normalized spacial score (nSPS) is 23.4. The quantitative estimate of drug-likeness (QED) is 0.265. The van der Waals surface area contributed by atoms with Gasteiger partial charge >= 0.3 is 0 Å². The Morgan fingerprint density at radius 1 is 0.930 bits per heavy atom. The highest BCUT2D eigenvalue weighted by Gasteiger charge is 2.57. The summed E-state index contributed by atoms with van der Waals surface area (Å²) < 4.78 is 6.92. The maximum absolute atomic E-state index is 13.7. The topological polar surface area (TPSA) is 62.0 Å². The fourth-order valence-corrected chi connectivity index (χ4v) is 7.92. The lowest BCUT2D eigenvalue weighted by Gasteiger charge is -2.45. The van der Waals surface area contributed by atoms with Gasteiger partial charge < -0.3 is 14.5 Å². The van der Waals surface area contributed by atoms with Crippen molar-refractivity contribution in [3.8, 4) is 5.75 Å². The molecule has 3 heterocycles. The summed E-state index contributed by atoms with van der Waals surface area (Å²) in [6.45, 7) is 10.7. The van der Waals surface area contributed by atoms with E-state index in [1.807, 2.05) is 18.2 Å². The summed E-state index contributed by atoms with van der Waals surface area (Å²) in [5.41, 5.74) is 8.59. The molecule has 0 bridgehead atoms. The van der Waals surface area contributed by atoms with E-state index in [4.69, 9.17) is 10.6 Å². The Hall–Kier alpha value is -4.29. The zero-order chi connectivity index (χ0) is 30.1. The van der Waals surface area contributed by atoms with Gasteiger partial charge in [-0.05, 0) is 68.5 Å². The lowest BCUT2D eigenvalue weighted by molar-refractivity contribution is 0.0648. The van der Waals surface area contributed by atoms with E-state index in [0.717, 1.165) is 71.8 Å². The molecule has 1 atom stereocenters. The molecular formula is C37H40N4O2. The molecular weight excluding hydrogens is 532 g/mol. The van der Waals surface area contributed by atoms with Crippen LogP contribution in [-0.2, 0) is 11.0 Å². The summed E-state index contributed by atoms with van der Waals surface area (Å²) in [5, 5.41) is 1.47. The first kappa shape index (κ1) is 27.5. The number of rotatable bonds is 4. The van der Waals surface area contributed by atoms with E-state index in [1.165, 1.54) is 22.0 Å². The molecule has 0 saturated heterocycles. The molecule has 1 spiro atoms. The molecule has 6 nitrogen and oxygen atoms in total. The number of hydrogen-bond donors (Lipinski definition) is 1. The van der Waals surface area contributed by atoms with Crippen LogP contribution in [0.3, 0.4) is 0 Å². The Kier molecular flexibility index (Phi) is 6.33. The molecule has 220 valence electrons. The van der Waals surface area contributed by atoms with Gasteiger partial charge in [-0.1, -0.05) is 62.4 Å². The number of amides is 1. The number of benzene rings is 3. The van der Waals surface area contributed by atoms with Crippen molar-refractivity contribution in [2.45, 2.75) is 57.9 Å². The fraction of sp³-hybridized carbons (Fsp3) is 0.324. The van der Waals surface area contributed by atoms with Gasteiger partial charge in [0.1, 0.15) is 17.0 Å². The molecule has 43 heavy (non-hydrogen) atoms. The summed E-state index contributed by atoms with van der Waals surface area (Å²) in [6.07, 6.45) is 7.14. The van der Waals surface area contributed by atoms with Gasteiger partial charge in [0.15, 0.2) is 0 Å². The predicted molar refractivity (Wildman–Crippen MR) is 173 cm³/mol. The van der Waals surface area contributed by atoms with E-state index in [-0.39, 0.29) is 11.3 Å². The number of likely N-dealkylation sites (N-methyl/N-ethyl adjacent to an activating group) is 1. The van der Waals surface area contributed by atoms with Crippen molar-refractivity contribution >= 4 is 17.3 Å². The number of hydrogen-bond acceptors (Lipinski definition) is 5. The van der Waals surface area contributed by atoms with Crippen LogP contribution in [0.2, 0.25) is 0 Å². The average Bonchev–Trinajstić information content (AvgIpc) is 3.36. The van der Waals surface area contributed by atoms with Gasteiger partial charge in [0.2, 0.25) is 0 Å². The average molecular weight is 573 g/mol. The molecule has 0 fully saturated rings. The van der Waals surface area contributed by atoms with Crippen LogP contribution in [0.25, 0.3) is 0 Å². The molecule has 1 aliphatic carbocycles. The lowest BCUT2D eigenvalue weighted by Crippen LogP contribution is -2.52. The van der Waals surface area contributed by atoms with Crippen LogP contribution in [0.5, 0.6) is 5.75 Å². The maximum Gasteiger partial charge on any atom is 0.269 e. The molecule has 3 aromatic rings. The molecule has 0 radical (unpaired) electrons. The first-order valence-electron chi connectivity index (χ1n) is 15.5. The number of carbonyl (C=O) groups excluding carboxylic acids is 1. The first-order chi connectivity index (χ1) is 20.7. The molecule has 6 heteroatoms. The Morgan fingerprint density at radius 2 is 1.65 bits per heavy atom. The minimum Gasteiger partial charge on any atom is -0.457 e. The van der Waals surface area contributed by atoms with Gasteiger partial charge in [-0.25, -0.2) is 5.84 Å². The Morgan fingerprint density at radius 3 is 2.40 bits per heavy atom. The standard InChI is InChI=1S/C37H40N4O2/c1-6-40(7-2)25-20-21-29-32(23-25)43-34-24(19-22-33-36(3,4)28-16-10-11-18-31(28)39(33)5)13-12-17-30(34)37(29)27-15-9-8-14-26(27)35(42)41(37)38/h8-11,14-16,18-23H,6-7,12-13,17,38H2,1-5H3/b24-19+,33-22+. The zero-order valence-electron chi connectivity index (χ0n) is 25.8. The molecule has 4 aliphatic rings. The largest absolute Gasteiger partial charge is 0.457 e. The number of fused-ring (bicyclic) bond motifs is 6. The monoisotopic (exact) mass is 572 g/mol. The molecule has 2 N–H and O–H groups in total. The van der Waals surface area contributed by atoms with Crippen LogP contribution in [0, 0.1) is 0 Å². The third-order valence-corrected chi connectivity index (χ3v) is 10.1. The summed E-state index contributed by atoms with van der Waals surface area (Å²) in [6, 6.07) is 22.9. The summed E-state index contributed by atoms with van der Waals surface area (Å²) in [7, 11) is 2.15. The SMILES string of the molecule is CCN(CC)c1ccc2c(c1)OC1=C(CCC/C1=C\C=C1\N(C)c3ccccc3C1(C)C)C21c2ccccc2C(=O)N1N. The van der Waals surface area contributed by atoms with Gasteiger partial charge in [0, 0.05) is 71.0 Å². The number of allylic oxidation sites excluding steroid dienone is 4. The smallest absolute Gasteiger partial charge is 0.269 e. The van der Waals surface area contributed by atoms with Crippen LogP contribution in [0.4, 0.5) is 11.4 Å². The Balaban J connectivity index is 1.43. The number of anilines is 2. The Labute approximate surface area is 254 Å². The van der Waals surface area contributed by atoms with Crippen molar-refractivity contribution in [2.24, 2.45) is 5.84 Å². The minimum atomic E-state index is -0.912. The first-order valence-corrected chi connectivity index (χ1v) is 15.5. The van der Waals surface area contributed by atoms with Crippen LogP contribution in [0.1, 0.15) is 74.0 Å². The second-order valence-corrected chi connectivity index (χ2v) is 12.5. The van der Waals surface area contributed by atoms with Gasteiger partial charge in [0.05, 0.1) is 0 Å². The highest BCUT2D eigenvalue weighted by Crippen LogP contribution is 2.58. The van der Waals surface area contributed by atoms with Gasteiger partial charge in [-0.15, -0.1) is 0 Å². The van der Waals surface area contributed by atoms with E-state index in [9.17, 15) is 4.79 Å². The number of ether oxygens (including phenoxy) is 1. The molecule has 3 aliphatic heterocycles. The van der Waals surface area contributed by atoms with Crippen LogP contribution in [-0.4, -0.2) is 31.1 Å². The summed E-state index contributed by atoms with van der Waals surface area (Å²) >= 11 is 0. The van der Waals surface area contributed by atoms with Crippen molar-refractivity contribution in [3.05, 3.63) is 124 Å². The number of nitrogens with zero attached hydrogens (tertiary/aromatic N) is 3. The van der Waals surface area contributed by atoms with Gasteiger partial charge in [0.25, 0.3) is 5.91 Å². The number of hydrazine groups is 1. The second-order valence-electron chi connectivity index (χ2n) is 12.5. The molecule has 1 amide bonds. The van der Waals surface area contributed by atoms with E-state index < -0.39 is 5.54 Å². The highest BCUT2D eigenvalue weighted by molar-refractivity contribution is 6.01. The van der Waals surface area contributed by atoms with Crippen LogP contribution < -0.4 is 20.4 Å². The molecule has 1 unspecified atom stereocenters. The Bertz CT molecular complexity index is 1740. The number of carbonyl (C=O) groups is 1. The van der Waals surface area contributed by atoms with Gasteiger partial charge in [-0.2, -0.15) is 0 Å². The molecule has 0 saturated carbocycles. The molecule has 7 rings (SSSR count). The van der Waals surface area contributed by atoms with Crippen LogP contribution >= 0.6 is 0 Å². The minimum absolute atomic E-state index is 0.126. The van der Waals surface area contributed by atoms with E-state index in [1.54, 1.807) is 0 Å². The number of para-hydroxylation sites is 1. The van der Waals surface area contributed by atoms with Crippen molar-refractivity contribution < 1.29 is 9.53 Å². The fourth-order valence-electron chi connectivity index (χ4n) is 7.92. The van der Waals surface area contributed by atoms with Crippen molar-refractivity contribution in [2.75, 3.05) is 29.9 Å². The van der Waals surface area contributed by atoms with E-state index >= 15 is 0 Å².